The maximum atomic E-state index is 13.4. The summed E-state index contributed by atoms with van der Waals surface area (Å²) in [5.74, 6) is 1.19. The minimum atomic E-state index is -0.257. The summed E-state index contributed by atoms with van der Waals surface area (Å²) in [7, 11) is 0. The zero-order valence-corrected chi connectivity index (χ0v) is 18.4. The van der Waals surface area contributed by atoms with E-state index in [9.17, 15) is 9.50 Å². The van der Waals surface area contributed by atoms with Crippen molar-refractivity contribution in [3.05, 3.63) is 70.8 Å². The first-order valence-corrected chi connectivity index (χ1v) is 10.8. The lowest BCUT2D eigenvalue weighted by atomic mass is 10.0. The van der Waals surface area contributed by atoms with Gasteiger partial charge >= 0.3 is 0 Å². The van der Waals surface area contributed by atoms with Crippen LogP contribution in [0.2, 0.25) is 0 Å². The van der Waals surface area contributed by atoms with E-state index in [0.717, 1.165) is 34.8 Å². The summed E-state index contributed by atoms with van der Waals surface area (Å²) in [6.45, 7) is 6.50. The number of hydrogen-bond acceptors (Lipinski definition) is 5. The molecule has 1 saturated carbocycles. The van der Waals surface area contributed by atoms with E-state index in [-0.39, 0.29) is 11.6 Å². The van der Waals surface area contributed by atoms with Crippen molar-refractivity contribution >= 4 is 0 Å². The number of aromatic hydroxyl groups is 1. The van der Waals surface area contributed by atoms with Gasteiger partial charge in [0.2, 0.25) is 0 Å². The highest BCUT2D eigenvalue weighted by atomic mass is 19.1. The molecular weight excluding hydrogens is 407 g/mol. The second-order valence-corrected chi connectivity index (χ2v) is 8.53. The van der Waals surface area contributed by atoms with Gasteiger partial charge in [0.25, 0.3) is 0 Å². The van der Waals surface area contributed by atoms with Crippen LogP contribution in [0.5, 0.6) is 5.75 Å². The monoisotopic (exact) mass is 432 g/mol. The van der Waals surface area contributed by atoms with Crippen molar-refractivity contribution in [3.8, 4) is 22.8 Å². The normalized spacial score (nSPS) is 13.6. The maximum Gasteiger partial charge on any atom is 0.160 e. The molecule has 1 fully saturated rings. The lowest BCUT2D eigenvalue weighted by Gasteiger charge is -2.09. The highest BCUT2D eigenvalue weighted by Crippen LogP contribution is 2.33. The minimum Gasteiger partial charge on any atom is -0.504 e. The van der Waals surface area contributed by atoms with Crippen LogP contribution in [-0.2, 0) is 13.0 Å². The van der Waals surface area contributed by atoms with Crippen molar-refractivity contribution < 1.29 is 9.50 Å². The Morgan fingerprint density at radius 3 is 2.47 bits per heavy atom. The summed E-state index contributed by atoms with van der Waals surface area (Å²) >= 11 is 0. The maximum absolute atomic E-state index is 13.4. The van der Waals surface area contributed by atoms with Gasteiger partial charge in [-0.1, -0.05) is 0 Å². The summed E-state index contributed by atoms with van der Waals surface area (Å²) in [6.07, 6.45) is 4.57. The van der Waals surface area contributed by atoms with E-state index in [0.29, 0.717) is 29.5 Å². The Balaban J connectivity index is 1.52. The predicted molar refractivity (Wildman–Crippen MR) is 118 cm³/mol. The number of benzene rings is 1. The number of hydrogen-bond donors (Lipinski definition) is 1. The largest absolute Gasteiger partial charge is 0.504 e. The highest BCUT2D eigenvalue weighted by Gasteiger charge is 2.25. The van der Waals surface area contributed by atoms with E-state index >= 15 is 0 Å². The van der Waals surface area contributed by atoms with Crippen molar-refractivity contribution in [1.29, 1.82) is 0 Å². The Morgan fingerprint density at radius 2 is 1.81 bits per heavy atom. The van der Waals surface area contributed by atoms with Crippen LogP contribution in [0.3, 0.4) is 0 Å². The smallest absolute Gasteiger partial charge is 0.160 e. The Labute approximate surface area is 185 Å². The molecule has 0 radical (unpaired) electrons. The second kappa shape index (κ2) is 7.85. The van der Waals surface area contributed by atoms with Gasteiger partial charge in [0.1, 0.15) is 17.8 Å². The molecule has 0 atom stereocenters. The average molecular weight is 433 g/mol. The van der Waals surface area contributed by atoms with Crippen LogP contribution >= 0.6 is 0 Å². The molecule has 1 N–H and O–H groups in total. The fraction of sp³-hybridized carbons (Fsp3) is 0.333. The molecule has 1 aliphatic rings. The van der Waals surface area contributed by atoms with Crippen molar-refractivity contribution in [2.24, 2.45) is 5.92 Å². The molecule has 0 amide bonds. The van der Waals surface area contributed by atoms with Crippen LogP contribution in [0, 0.1) is 32.5 Å². The molecule has 0 unspecified atom stereocenters. The number of rotatable bonds is 6. The van der Waals surface area contributed by atoms with Crippen molar-refractivity contribution in [3.63, 3.8) is 0 Å². The SMILES string of the molecule is Cc1nn(-c2cc(Cc3c(C)c(-c4ccc(F)cc4)nn3CC3CC3)ncn2)c(C)c1O. The molecule has 164 valence electrons. The van der Waals surface area contributed by atoms with Gasteiger partial charge in [-0.25, -0.2) is 19.0 Å². The van der Waals surface area contributed by atoms with Gasteiger partial charge in [0.05, 0.1) is 17.1 Å². The summed E-state index contributed by atoms with van der Waals surface area (Å²) in [4.78, 5) is 8.84. The summed E-state index contributed by atoms with van der Waals surface area (Å²) < 4.78 is 17.1. The van der Waals surface area contributed by atoms with Crippen LogP contribution in [0.4, 0.5) is 4.39 Å². The lowest BCUT2D eigenvalue weighted by Crippen LogP contribution is -2.10. The lowest BCUT2D eigenvalue weighted by molar-refractivity contribution is 0.466. The summed E-state index contributed by atoms with van der Waals surface area (Å²) in [6, 6.07) is 8.37. The van der Waals surface area contributed by atoms with Gasteiger partial charge in [-0.3, -0.25) is 4.68 Å². The summed E-state index contributed by atoms with van der Waals surface area (Å²) in [5, 5.41) is 19.4. The van der Waals surface area contributed by atoms with Gasteiger partial charge in [0.15, 0.2) is 11.6 Å². The van der Waals surface area contributed by atoms with E-state index in [1.165, 1.54) is 31.3 Å². The molecule has 0 aliphatic heterocycles. The Hall–Kier alpha value is -3.55. The fourth-order valence-corrected chi connectivity index (χ4v) is 4.02. The molecule has 0 bridgehead atoms. The van der Waals surface area contributed by atoms with E-state index < -0.39 is 0 Å². The molecule has 7 nitrogen and oxygen atoms in total. The van der Waals surface area contributed by atoms with Crippen molar-refractivity contribution in [2.75, 3.05) is 0 Å². The predicted octanol–water partition coefficient (Wildman–Crippen LogP) is 4.30. The molecule has 3 aromatic heterocycles. The third-order valence-electron chi connectivity index (χ3n) is 6.09. The Bertz CT molecular complexity index is 1290. The average Bonchev–Trinajstić information content (AvgIpc) is 3.51. The topological polar surface area (TPSA) is 81.7 Å². The van der Waals surface area contributed by atoms with E-state index in [1.54, 1.807) is 30.7 Å². The first-order chi connectivity index (χ1) is 15.4. The number of aromatic nitrogens is 6. The number of nitrogens with zero attached hydrogens (tertiary/aromatic N) is 6. The molecule has 0 spiro atoms. The molecule has 4 aromatic rings. The zero-order valence-electron chi connectivity index (χ0n) is 18.4. The van der Waals surface area contributed by atoms with E-state index in [2.05, 4.69) is 26.7 Å². The third kappa shape index (κ3) is 3.77. The van der Waals surface area contributed by atoms with Crippen LogP contribution in [0.1, 0.15) is 41.2 Å². The molecule has 5 rings (SSSR count). The van der Waals surface area contributed by atoms with Crippen molar-refractivity contribution in [1.82, 2.24) is 29.5 Å². The Morgan fingerprint density at radius 1 is 1.06 bits per heavy atom. The molecule has 32 heavy (non-hydrogen) atoms. The first kappa shape index (κ1) is 20.4. The van der Waals surface area contributed by atoms with Crippen LogP contribution in [-0.4, -0.2) is 34.6 Å². The van der Waals surface area contributed by atoms with Gasteiger partial charge in [-0.2, -0.15) is 10.2 Å². The third-order valence-corrected chi connectivity index (χ3v) is 6.09. The molecule has 3 heterocycles. The van der Waals surface area contributed by atoms with Gasteiger partial charge in [-0.15, -0.1) is 0 Å². The van der Waals surface area contributed by atoms with Gasteiger partial charge < -0.3 is 5.11 Å². The Kier molecular flexibility index (Phi) is 5.00. The quantitative estimate of drug-likeness (QED) is 0.491. The molecule has 1 aliphatic carbocycles. The van der Waals surface area contributed by atoms with Crippen LogP contribution in [0.25, 0.3) is 17.1 Å². The molecule has 8 heteroatoms. The fourth-order valence-electron chi connectivity index (χ4n) is 4.02. The zero-order chi connectivity index (χ0) is 22.4. The van der Waals surface area contributed by atoms with Crippen LogP contribution in [0.15, 0.2) is 36.7 Å². The number of halogens is 1. The van der Waals surface area contributed by atoms with Gasteiger partial charge in [-0.05, 0) is 69.4 Å². The van der Waals surface area contributed by atoms with Crippen molar-refractivity contribution in [2.45, 2.75) is 46.6 Å². The minimum absolute atomic E-state index is 0.174. The van der Waals surface area contributed by atoms with Gasteiger partial charge in [0, 0.05) is 30.3 Å². The highest BCUT2D eigenvalue weighted by molar-refractivity contribution is 5.64. The van der Waals surface area contributed by atoms with E-state index in [1.807, 2.05) is 6.07 Å². The van der Waals surface area contributed by atoms with Crippen LogP contribution < -0.4 is 0 Å². The first-order valence-electron chi connectivity index (χ1n) is 10.8. The molecule has 1 aromatic carbocycles. The molecular formula is C24H25FN6O. The molecule has 0 saturated heterocycles. The summed E-state index contributed by atoms with van der Waals surface area (Å²) in [5.41, 5.74) is 5.98. The second-order valence-electron chi connectivity index (χ2n) is 8.53. The standard InChI is InChI=1S/C24H25FN6O/c1-14-21(10-20-11-22(27-13-26-20)31-16(3)24(32)15(2)28-31)30(12-17-4-5-17)29-23(14)18-6-8-19(25)9-7-18/h6-9,11,13,17,32H,4-5,10,12H2,1-3H3. The van der Waals surface area contributed by atoms with E-state index in [4.69, 9.17) is 5.10 Å². The number of aryl methyl sites for hydroxylation is 1.